The number of nitrogens with zero attached hydrogens (tertiary/aromatic N) is 3. The quantitative estimate of drug-likeness (QED) is 0.615. The van der Waals surface area contributed by atoms with Gasteiger partial charge in [-0.2, -0.15) is 0 Å². The minimum atomic E-state index is 0.491. The van der Waals surface area contributed by atoms with E-state index in [0.717, 1.165) is 24.9 Å². The molecule has 1 atom stereocenters. The van der Waals surface area contributed by atoms with Gasteiger partial charge in [-0.05, 0) is 49.9 Å². The zero-order chi connectivity index (χ0) is 17.8. The largest absolute Gasteiger partial charge is 0.419 e. The summed E-state index contributed by atoms with van der Waals surface area (Å²) in [4.78, 5) is 2.47. The van der Waals surface area contributed by atoms with Gasteiger partial charge in [0.25, 0.3) is 0 Å². The highest BCUT2D eigenvalue weighted by Crippen LogP contribution is 2.28. The van der Waals surface area contributed by atoms with Gasteiger partial charge in [-0.3, -0.25) is 4.90 Å². The average molecular weight is 368 g/mol. The number of benzene rings is 2. The van der Waals surface area contributed by atoms with E-state index < -0.39 is 0 Å². The molecule has 3 aromatic rings. The Balaban J connectivity index is 1.39. The van der Waals surface area contributed by atoms with Crippen LogP contribution in [0.5, 0.6) is 0 Å². The first-order valence-corrected chi connectivity index (χ1v) is 9.52. The van der Waals surface area contributed by atoms with Crippen molar-refractivity contribution in [2.75, 3.05) is 6.54 Å². The maximum atomic E-state index is 6.22. The van der Waals surface area contributed by atoms with Crippen LogP contribution >= 0.6 is 11.6 Å². The molecule has 1 fully saturated rings. The lowest BCUT2D eigenvalue weighted by molar-refractivity contribution is 0.213. The summed E-state index contributed by atoms with van der Waals surface area (Å²) in [6, 6.07) is 18.8. The van der Waals surface area contributed by atoms with Crippen LogP contribution in [0.15, 0.2) is 59.0 Å². The molecule has 0 saturated carbocycles. The second-order valence-corrected chi connectivity index (χ2v) is 7.18. The van der Waals surface area contributed by atoms with Crippen LogP contribution in [0.4, 0.5) is 0 Å². The molecule has 0 bridgehead atoms. The lowest BCUT2D eigenvalue weighted by Crippen LogP contribution is -2.29. The van der Waals surface area contributed by atoms with Crippen molar-refractivity contribution in [3.8, 4) is 11.5 Å². The summed E-state index contributed by atoms with van der Waals surface area (Å²) in [6.07, 6.45) is 4.73. The van der Waals surface area contributed by atoms with Gasteiger partial charge in [0.05, 0.1) is 17.1 Å². The molecule has 134 valence electrons. The highest BCUT2D eigenvalue weighted by atomic mass is 35.5. The van der Waals surface area contributed by atoms with Crippen molar-refractivity contribution in [1.82, 2.24) is 15.1 Å². The SMILES string of the molecule is Clc1ccccc1-c1nnc(CN2CCCC2CCc2ccccc2)o1. The normalized spacial score (nSPS) is 17.7. The molecule has 0 amide bonds. The lowest BCUT2D eigenvalue weighted by atomic mass is 10.0. The van der Waals surface area contributed by atoms with E-state index in [1.165, 1.54) is 18.4 Å². The number of likely N-dealkylation sites (tertiary alicyclic amines) is 1. The molecule has 4 nitrogen and oxygen atoms in total. The zero-order valence-corrected chi connectivity index (χ0v) is 15.4. The van der Waals surface area contributed by atoms with Gasteiger partial charge in [-0.1, -0.05) is 54.1 Å². The molecular weight excluding hydrogens is 346 g/mol. The Kier molecular flexibility index (Phi) is 5.32. The Morgan fingerprint density at radius 3 is 2.69 bits per heavy atom. The number of aryl methyl sites for hydroxylation is 1. The summed E-state index contributed by atoms with van der Waals surface area (Å²) in [7, 11) is 0. The van der Waals surface area contributed by atoms with Gasteiger partial charge >= 0.3 is 0 Å². The van der Waals surface area contributed by atoms with E-state index in [0.29, 0.717) is 29.4 Å². The van der Waals surface area contributed by atoms with E-state index in [4.69, 9.17) is 16.0 Å². The Hall–Kier alpha value is -2.17. The molecule has 0 spiro atoms. The molecule has 0 N–H and O–H groups in total. The Bertz CT molecular complexity index is 849. The topological polar surface area (TPSA) is 42.2 Å². The lowest BCUT2D eigenvalue weighted by Gasteiger charge is -2.22. The molecule has 2 heterocycles. The Labute approximate surface area is 158 Å². The first kappa shape index (κ1) is 17.3. The smallest absolute Gasteiger partial charge is 0.249 e. The van der Waals surface area contributed by atoms with Crippen LogP contribution in [0.2, 0.25) is 5.02 Å². The van der Waals surface area contributed by atoms with Gasteiger partial charge in [0.1, 0.15) is 0 Å². The van der Waals surface area contributed by atoms with Gasteiger partial charge in [0.2, 0.25) is 11.8 Å². The average Bonchev–Trinajstić information content (AvgIpc) is 3.31. The molecule has 26 heavy (non-hydrogen) atoms. The molecule has 1 aliphatic rings. The monoisotopic (exact) mass is 367 g/mol. The maximum Gasteiger partial charge on any atom is 0.249 e. The first-order valence-electron chi connectivity index (χ1n) is 9.15. The van der Waals surface area contributed by atoms with Gasteiger partial charge < -0.3 is 4.42 Å². The molecule has 0 aliphatic carbocycles. The number of rotatable bonds is 6. The van der Waals surface area contributed by atoms with Crippen LogP contribution in [0.1, 0.15) is 30.7 Å². The predicted octanol–water partition coefficient (Wildman–Crippen LogP) is 4.99. The van der Waals surface area contributed by atoms with E-state index in [1.807, 2.05) is 24.3 Å². The minimum absolute atomic E-state index is 0.491. The fourth-order valence-electron chi connectivity index (χ4n) is 3.64. The summed E-state index contributed by atoms with van der Waals surface area (Å²) < 4.78 is 5.88. The molecule has 4 rings (SSSR count). The second-order valence-electron chi connectivity index (χ2n) is 6.77. The molecule has 2 aromatic carbocycles. The van der Waals surface area contributed by atoms with Crippen LogP contribution < -0.4 is 0 Å². The third kappa shape index (κ3) is 3.97. The maximum absolute atomic E-state index is 6.22. The van der Waals surface area contributed by atoms with Gasteiger partial charge in [0, 0.05) is 6.04 Å². The number of aromatic nitrogens is 2. The van der Waals surface area contributed by atoms with Gasteiger partial charge in [-0.25, -0.2) is 0 Å². The molecule has 5 heteroatoms. The third-order valence-electron chi connectivity index (χ3n) is 5.02. The first-order chi connectivity index (χ1) is 12.8. The minimum Gasteiger partial charge on any atom is -0.419 e. The van der Waals surface area contributed by atoms with Crippen LogP contribution in [-0.2, 0) is 13.0 Å². The van der Waals surface area contributed by atoms with Crippen molar-refractivity contribution in [2.24, 2.45) is 0 Å². The van der Waals surface area contributed by atoms with Crippen LogP contribution in [0, 0.1) is 0 Å². The van der Waals surface area contributed by atoms with Gasteiger partial charge in [-0.15, -0.1) is 10.2 Å². The van der Waals surface area contributed by atoms with Crippen LogP contribution in [0.25, 0.3) is 11.5 Å². The Morgan fingerprint density at radius 2 is 1.85 bits per heavy atom. The number of hydrogen-bond donors (Lipinski definition) is 0. The van der Waals surface area contributed by atoms with Crippen molar-refractivity contribution in [2.45, 2.75) is 38.3 Å². The summed E-state index contributed by atoms with van der Waals surface area (Å²) in [5.41, 5.74) is 2.19. The van der Waals surface area contributed by atoms with Crippen molar-refractivity contribution >= 4 is 11.6 Å². The predicted molar refractivity (Wildman–Crippen MR) is 103 cm³/mol. The molecule has 1 unspecified atom stereocenters. The van der Waals surface area contributed by atoms with Crippen molar-refractivity contribution < 1.29 is 4.42 Å². The summed E-state index contributed by atoms with van der Waals surface area (Å²) >= 11 is 6.22. The molecule has 0 radical (unpaired) electrons. The highest BCUT2D eigenvalue weighted by molar-refractivity contribution is 6.33. The van der Waals surface area contributed by atoms with Crippen LogP contribution in [0.3, 0.4) is 0 Å². The number of hydrogen-bond acceptors (Lipinski definition) is 4. The van der Waals surface area contributed by atoms with Crippen molar-refractivity contribution in [1.29, 1.82) is 0 Å². The standard InChI is InChI=1S/C21H22ClN3O/c22-19-11-5-4-10-18(19)21-24-23-20(26-21)15-25-14-6-9-17(25)13-12-16-7-2-1-3-8-16/h1-5,7-8,10-11,17H,6,9,12-15H2. The fraction of sp³-hybridized carbons (Fsp3) is 0.333. The molecule has 1 aliphatic heterocycles. The molecule has 1 aromatic heterocycles. The molecular formula is C21H22ClN3O. The van der Waals surface area contributed by atoms with Crippen molar-refractivity contribution in [3.63, 3.8) is 0 Å². The number of halogens is 1. The van der Waals surface area contributed by atoms with E-state index >= 15 is 0 Å². The summed E-state index contributed by atoms with van der Waals surface area (Å²) in [6.45, 7) is 1.79. The molecule has 1 saturated heterocycles. The Morgan fingerprint density at radius 1 is 1.04 bits per heavy atom. The highest BCUT2D eigenvalue weighted by Gasteiger charge is 2.26. The van der Waals surface area contributed by atoms with E-state index in [9.17, 15) is 0 Å². The van der Waals surface area contributed by atoms with Crippen molar-refractivity contribution in [3.05, 3.63) is 71.1 Å². The second kappa shape index (κ2) is 8.02. The zero-order valence-electron chi connectivity index (χ0n) is 14.6. The summed E-state index contributed by atoms with van der Waals surface area (Å²) in [5, 5.41) is 9.04. The third-order valence-corrected chi connectivity index (χ3v) is 5.35. The van der Waals surface area contributed by atoms with Gasteiger partial charge in [0.15, 0.2) is 0 Å². The van der Waals surface area contributed by atoms with Crippen LogP contribution in [-0.4, -0.2) is 27.7 Å². The fourth-order valence-corrected chi connectivity index (χ4v) is 3.86. The van der Waals surface area contributed by atoms with E-state index in [-0.39, 0.29) is 0 Å². The van der Waals surface area contributed by atoms with E-state index in [2.05, 4.69) is 45.4 Å². The summed E-state index contributed by atoms with van der Waals surface area (Å²) in [5.74, 6) is 1.15. The van der Waals surface area contributed by atoms with E-state index in [1.54, 1.807) is 0 Å².